The molecule has 2 N–H and O–H groups in total. The predicted molar refractivity (Wildman–Crippen MR) is 130 cm³/mol. The number of carbonyl (C=O) groups is 1. The number of aromatic nitrogens is 1. The number of hydrogen-bond donors (Lipinski definition) is 2. The lowest BCUT2D eigenvalue weighted by Gasteiger charge is -2.11. The molecule has 4 rings (SSSR count). The van der Waals surface area contributed by atoms with Crippen LogP contribution in [-0.4, -0.2) is 16.0 Å². The SMILES string of the molecule is CCc1ccc(C(=O)NC(=S)Nc2ccc(Cl)c(-c3nc4ccccc4s3)c2)cc1. The van der Waals surface area contributed by atoms with Crippen LogP contribution in [-0.2, 0) is 6.42 Å². The van der Waals surface area contributed by atoms with E-state index in [1.807, 2.05) is 48.5 Å². The van der Waals surface area contributed by atoms with Gasteiger partial charge in [0.05, 0.1) is 15.2 Å². The number of aryl methyl sites for hydroxylation is 1. The van der Waals surface area contributed by atoms with Crippen molar-refractivity contribution in [3.63, 3.8) is 0 Å². The van der Waals surface area contributed by atoms with Crippen LogP contribution in [0.3, 0.4) is 0 Å². The van der Waals surface area contributed by atoms with Gasteiger partial charge in [-0.2, -0.15) is 0 Å². The smallest absolute Gasteiger partial charge is 0.257 e. The lowest BCUT2D eigenvalue weighted by Crippen LogP contribution is -2.34. The van der Waals surface area contributed by atoms with Crippen molar-refractivity contribution < 1.29 is 4.79 Å². The summed E-state index contributed by atoms with van der Waals surface area (Å²) in [6, 6.07) is 20.9. The molecule has 4 aromatic rings. The van der Waals surface area contributed by atoms with Crippen LogP contribution in [0.25, 0.3) is 20.8 Å². The molecule has 1 amide bonds. The third kappa shape index (κ3) is 4.51. The Balaban J connectivity index is 1.49. The molecule has 0 radical (unpaired) electrons. The minimum absolute atomic E-state index is 0.220. The molecule has 3 aromatic carbocycles. The predicted octanol–water partition coefficient (Wildman–Crippen LogP) is 6.31. The van der Waals surface area contributed by atoms with E-state index in [0.717, 1.165) is 32.9 Å². The van der Waals surface area contributed by atoms with Crippen molar-refractivity contribution in [3.8, 4) is 10.6 Å². The summed E-state index contributed by atoms with van der Waals surface area (Å²) in [5.41, 5.74) is 4.20. The van der Waals surface area contributed by atoms with E-state index in [2.05, 4.69) is 22.5 Å². The molecule has 0 aliphatic heterocycles. The molecular formula is C23H18ClN3OS2. The molecule has 0 atom stereocenters. The highest BCUT2D eigenvalue weighted by Crippen LogP contribution is 2.35. The fourth-order valence-electron chi connectivity index (χ4n) is 2.98. The highest BCUT2D eigenvalue weighted by molar-refractivity contribution is 7.80. The summed E-state index contributed by atoms with van der Waals surface area (Å²) in [4.78, 5) is 17.1. The van der Waals surface area contributed by atoms with Crippen LogP contribution in [0.1, 0.15) is 22.8 Å². The standard InChI is InChI=1S/C23H18ClN3OS2/c1-2-14-7-9-15(10-8-14)21(28)27-23(29)25-16-11-12-18(24)17(13-16)22-26-19-5-3-4-6-20(19)30-22/h3-13H,2H2,1H3,(H2,25,27,28,29). The van der Waals surface area contributed by atoms with E-state index < -0.39 is 0 Å². The molecule has 0 aliphatic rings. The molecular weight excluding hydrogens is 434 g/mol. The quantitative estimate of drug-likeness (QED) is 0.357. The lowest BCUT2D eigenvalue weighted by molar-refractivity contribution is 0.0977. The van der Waals surface area contributed by atoms with Gasteiger partial charge in [0.2, 0.25) is 0 Å². The summed E-state index contributed by atoms with van der Waals surface area (Å²) in [6.45, 7) is 2.07. The fourth-order valence-corrected chi connectivity index (χ4v) is 4.45. The molecule has 0 aliphatic carbocycles. The van der Waals surface area contributed by atoms with Crippen LogP contribution in [0.4, 0.5) is 5.69 Å². The van der Waals surface area contributed by atoms with Gasteiger partial charge in [0.1, 0.15) is 5.01 Å². The molecule has 7 heteroatoms. The minimum Gasteiger partial charge on any atom is -0.332 e. The Labute approximate surface area is 188 Å². The topological polar surface area (TPSA) is 54.0 Å². The van der Waals surface area contributed by atoms with Gasteiger partial charge in [0.15, 0.2) is 5.11 Å². The lowest BCUT2D eigenvalue weighted by atomic mass is 10.1. The molecule has 0 spiro atoms. The van der Waals surface area contributed by atoms with Crippen LogP contribution in [0.2, 0.25) is 5.02 Å². The highest BCUT2D eigenvalue weighted by atomic mass is 35.5. The maximum atomic E-state index is 12.4. The van der Waals surface area contributed by atoms with Crippen molar-refractivity contribution in [2.24, 2.45) is 0 Å². The van der Waals surface area contributed by atoms with Gasteiger partial charge in [-0.15, -0.1) is 11.3 Å². The number of fused-ring (bicyclic) bond motifs is 1. The number of rotatable bonds is 4. The first kappa shape index (κ1) is 20.5. The van der Waals surface area contributed by atoms with Crippen molar-refractivity contribution in [2.45, 2.75) is 13.3 Å². The molecule has 4 nitrogen and oxygen atoms in total. The first-order valence-electron chi connectivity index (χ1n) is 9.40. The summed E-state index contributed by atoms with van der Waals surface area (Å²) in [5, 5.41) is 7.42. The summed E-state index contributed by atoms with van der Waals surface area (Å²) >= 11 is 13.3. The minimum atomic E-state index is -0.254. The van der Waals surface area contributed by atoms with Crippen molar-refractivity contribution in [1.29, 1.82) is 0 Å². The second-order valence-electron chi connectivity index (χ2n) is 6.64. The number of nitrogens with one attached hydrogen (secondary N) is 2. The number of hydrogen-bond acceptors (Lipinski definition) is 4. The Morgan fingerprint density at radius 2 is 1.87 bits per heavy atom. The molecule has 1 heterocycles. The number of para-hydroxylation sites is 1. The zero-order chi connectivity index (χ0) is 21.1. The Morgan fingerprint density at radius 1 is 1.10 bits per heavy atom. The van der Waals surface area contributed by atoms with E-state index in [0.29, 0.717) is 10.6 Å². The van der Waals surface area contributed by atoms with Crippen LogP contribution in [0.5, 0.6) is 0 Å². The van der Waals surface area contributed by atoms with Gasteiger partial charge in [-0.1, -0.05) is 42.8 Å². The zero-order valence-electron chi connectivity index (χ0n) is 16.1. The Kier molecular flexibility index (Phi) is 6.08. The van der Waals surface area contributed by atoms with Crippen LogP contribution < -0.4 is 10.6 Å². The maximum absolute atomic E-state index is 12.4. The van der Waals surface area contributed by atoms with Crippen molar-refractivity contribution in [1.82, 2.24) is 10.3 Å². The summed E-state index contributed by atoms with van der Waals surface area (Å²) < 4.78 is 1.10. The van der Waals surface area contributed by atoms with E-state index >= 15 is 0 Å². The maximum Gasteiger partial charge on any atom is 0.257 e. The Bertz CT molecular complexity index is 1200. The van der Waals surface area contributed by atoms with Crippen LogP contribution in [0, 0.1) is 0 Å². The summed E-state index contributed by atoms with van der Waals surface area (Å²) in [7, 11) is 0. The normalized spacial score (nSPS) is 10.7. The van der Waals surface area contributed by atoms with Gasteiger partial charge < -0.3 is 5.32 Å². The largest absolute Gasteiger partial charge is 0.332 e. The van der Waals surface area contributed by atoms with E-state index in [-0.39, 0.29) is 11.0 Å². The molecule has 0 saturated heterocycles. The number of carbonyl (C=O) groups excluding carboxylic acids is 1. The average molecular weight is 452 g/mol. The molecule has 1 aromatic heterocycles. The van der Waals surface area contributed by atoms with Gasteiger partial charge in [0.25, 0.3) is 5.91 Å². The van der Waals surface area contributed by atoms with Gasteiger partial charge >= 0.3 is 0 Å². The van der Waals surface area contributed by atoms with Gasteiger partial charge in [0, 0.05) is 16.8 Å². The van der Waals surface area contributed by atoms with Gasteiger partial charge in [-0.05, 0) is 66.7 Å². The number of thiazole rings is 1. The number of nitrogens with zero attached hydrogens (tertiary/aromatic N) is 1. The first-order valence-corrected chi connectivity index (χ1v) is 11.0. The number of amides is 1. The van der Waals surface area contributed by atoms with E-state index in [4.69, 9.17) is 23.8 Å². The number of thiocarbonyl (C=S) groups is 1. The third-order valence-corrected chi connectivity index (χ3v) is 6.20. The van der Waals surface area contributed by atoms with Crippen molar-refractivity contribution in [3.05, 3.63) is 82.9 Å². The van der Waals surface area contributed by atoms with Crippen LogP contribution >= 0.6 is 35.2 Å². The highest BCUT2D eigenvalue weighted by Gasteiger charge is 2.12. The number of halogens is 1. The molecule has 0 unspecified atom stereocenters. The van der Waals surface area contributed by atoms with Gasteiger partial charge in [-0.25, -0.2) is 4.98 Å². The van der Waals surface area contributed by atoms with Gasteiger partial charge in [-0.3, -0.25) is 10.1 Å². The third-order valence-electron chi connectivity index (χ3n) is 4.60. The Hall–Kier alpha value is -2.80. The van der Waals surface area contributed by atoms with E-state index in [1.165, 1.54) is 5.56 Å². The zero-order valence-corrected chi connectivity index (χ0v) is 18.5. The van der Waals surface area contributed by atoms with Crippen molar-refractivity contribution in [2.75, 3.05) is 5.32 Å². The van der Waals surface area contributed by atoms with Crippen LogP contribution in [0.15, 0.2) is 66.7 Å². The van der Waals surface area contributed by atoms with E-state index in [1.54, 1.807) is 29.5 Å². The number of anilines is 1. The second-order valence-corrected chi connectivity index (χ2v) is 8.49. The van der Waals surface area contributed by atoms with E-state index in [9.17, 15) is 4.79 Å². The molecule has 0 saturated carbocycles. The molecule has 0 bridgehead atoms. The summed E-state index contributed by atoms with van der Waals surface area (Å²) in [6.07, 6.45) is 0.926. The number of benzene rings is 3. The second kappa shape index (κ2) is 8.92. The molecule has 150 valence electrons. The monoisotopic (exact) mass is 451 g/mol. The van der Waals surface area contributed by atoms with Crippen molar-refractivity contribution >= 4 is 62.1 Å². The molecule has 0 fully saturated rings. The average Bonchev–Trinajstić information content (AvgIpc) is 3.19. The Morgan fingerprint density at radius 3 is 2.60 bits per heavy atom. The first-order chi connectivity index (χ1) is 14.5. The molecule has 30 heavy (non-hydrogen) atoms. The summed E-state index contributed by atoms with van der Waals surface area (Å²) in [5.74, 6) is -0.254. The fraction of sp³-hybridized carbons (Fsp3) is 0.0870.